The van der Waals surface area contributed by atoms with Crippen molar-refractivity contribution in [2.24, 2.45) is 44.8 Å². The SMILES string of the molecule is CC(C)(C)CC1CCC(C(C)(C)C)CC1.CC(C)(C)CN1CCC(C(C)(C)C)CC1.CC(C)(C)Cc1ccc(C(C)(C)C)cc1. The molecule has 2 fully saturated rings. The van der Waals surface area contributed by atoms with E-state index < -0.39 is 0 Å². The first-order valence-electron chi connectivity index (χ1n) is 18.9. The monoisotopic (exact) mass is 626 g/mol. The van der Waals surface area contributed by atoms with Crippen LogP contribution in [0.15, 0.2) is 24.3 Å². The topological polar surface area (TPSA) is 3.24 Å². The van der Waals surface area contributed by atoms with E-state index in [1.54, 1.807) is 0 Å². The molecule has 3 rings (SSSR count). The van der Waals surface area contributed by atoms with Crippen LogP contribution in [0.2, 0.25) is 0 Å². The van der Waals surface area contributed by atoms with Crippen molar-refractivity contribution in [3.63, 3.8) is 0 Å². The summed E-state index contributed by atoms with van der Waals surface area (Å²) in [7, 11) is 0. The van der Waals surface area contributed by atoms with Gasteiger partial charge < -0.3 is 4.90 Å². The fourth-order valence-electron chi connectivity index (χ4n) is 7.46. The average Bonchev–Trinajstić information content (AvgIpc) is 2.81. The lowest BCUT2D eigenvalue weighted by molar-refractivity contribution is 0.0890. The largest absolute Gasteiger partial charge is 0.303 e. The Labute approximate surface area is 285 Å². The maximum atomic E-state index is 2.64. The molecular formula is C44H83N. The Morgan fingerprint density at radius 3 is 1.27 bits per heavy atom. The Hall–Kier alpha value is -0.820. The molecule has 1 aromatic carbocycles. The second-order valence-corrected chi connectivity index (χ2v) is 22.0. The summed E-state index contributed by atoms with van der Waals surface area (Å²) >= 11 is 0. The summed E-state index contributed by atoms with van der Waals surface area (Å²) in [5.41, 5.74) is 5.52. The molecule has 1 nitrogen and oxygen atoms in total. The van der Waals surface area contributed by atoms with E-state index >= 15 is 0 Å². The minimum atomic E-state index is 0.264. The van der Waals surface area contributed by atoms with Gasteiger partial charge in [0.2, 0.25) is 0 Å². The molecule has 1 aliphatic heterocycles. The summed E-state index contributed by atoms with van der Waals surface area (Å²) in [4.78, 5) is 2.64. The van der Waals surface area contributed by atoms with Crippen molar-refractivity contribution >= 4 is 0 Å². The summed E-state index contributed by atoms with van der Waals surface area (Å²) in [6.45, 7) is 46.0. The number of hydrogen-bond donors (Lipinski definition) is 0. The number of piperidine rings is 1. The van der Waals surface area contributed by atoms with Gasteiger partial charge in [-0.2, -0.15) is 0 Å². The van der Waals surface area contributed by atoms with Gasteiger partial charge in [-0.3, -0.25) is 0 Å². The molecule has 0 amide bonds. The van der Waals surface area contributed by atoms with Crippen LogP contribution < -0.4 is 0 Å². The molecule has 264 valence electrons. The molecule has 0 bridgehead atoms. The maximum absolute atomic E-state index is 2.64. The molecule has 0 spiro atoms. The van der Waals surface area contributed by atoms with E-state index in [-0.39, 0.29) is 5.41 Å². The Morgan fingerprint density at radius 1 is 0.511 bits per heavy atom. The standard InChI is InChI=1S/C15H30.C15H24.C14H29N/c2*1-14(2,3)11-12-7-9-13(10-8-12)15(4,5)6;1-13(2,3)11-15-9-7-12(8-10-15)14(4,5)6/h12-13H,7-11H2,1-6H3;7-10H,11H2,1-6H3;12H,7-11H2,1-6H3. The Kier molecular flexibility index (Phi) is 15.5. The lowest BCUT2D eigenvalue weighted by Gasteiger charge is -2.40. The molecule has 1 aliphatic carbocycles. The minimum absolute atomic E-state index is 0.264. The lowest BCUT2D eigenvalue weighted by atomic mass is 9.67. The third-order valence-electron chi connectivity index (χ3n) is 10.0. The Balaban J connectivity index is 0.000000337. The highest BCUT2D eigenvalue weighted by Crippen LogP contribution is 2.43. The number of hydrogen-bond acceptors (Lipinski definition) is 1. The molecule has 0 radical (unpaired) electrons. The van der Waals surface area contributed by atoms with Crippen LogP contribution in [0.1, 0.15) is 181 Å². The highest BCUT2D eigenvalue weighted by Gasteiger charge is 2.31. The van der Waals surface area contributed by atoms with Crippen molar-refractivity contribution in [2.45, 2.75) is 181 Å². The molecule has 1 saturated carbocycles. The molecule has 0 aromatic heterocycles. The van der Waals surface area contributed by atoms with Gasteiger partial charge in [0.1, 0.15) is 0 Å². The van der Waals surface area contributed by atoms with E-state index in [0.717, 1.165) is 24.2 Å². The van der Waals surface area contributed by atoms with Gasteiger partial charge in [-0.25, -0.2) is 0 Å². The minimum Gasteiger partial charge on any atom is -0.303 e. The van der Waals surface area contributed by atoms with Gasteiger partial charge in [0.15, 0.2) is 0 Å². The van der Waals surface area contributed by atoms with Crippen LogP contribution in [0.5, 0.6) is 0 Å². The van der Waals surface area contributed by atoms with Gasteiger partial charge in [0.05, 0.1) is 0 Å². The number of nitrogens with zero attached hydrogens (tertiary/aromatic N) is 1. The predicted molar refractivity (Wildman–Crippen MR) is 205 cm³/mol. The van der Waals surface area contributed by atoms with E-state index in [9.17, 15) is 0 Å². The molecular weight excluding hydrogens is 542 g/mol. The van der Waals surface area contributed by atoms with Crippen LogP contribution in [0.25, 0.3) is 0 Å². The fourth-order valence-corrected chi connectivity index (χ4v) is 7.46. The first-order chi connectivity index (χ1) is 20.1. The number of rotatable bonds is 3. The molecule has 0 atom stereocenters. The van der Waals surface area contributed by atoms with E-state index in [2.05, 4.69) is 154 Å². The zero-order chi connectivity index (χ0) is 35.1. The third-order valence-corrected chi connectivity index (χ3v) is 10.0. The molecule has 1 heteroatoms. The maximum Gasteiger partial charge on any atom is 0.00300 e. The zero-order valence-corrected chi connectivity index (χ0v) is 34.3. The van der Waals surface area contributed by atoms with E-state index in [1.807, 2.05) is 0 Å². The molecule has 1 aromatic rings. The normalized spacial score (nSPS) is 21.4. The lowest BCUT2D eigenvalue weighted by Crippen LogP contribution is -2.41. The molecule has 0 unspecified atom stereocenters. The van der Waals surface area contributed by atoms with Crippen molar-refractivity contribution in [3.05, 3.63) is 35.4 Å². The van der Waals surface area contributed by atoms with Gasteiger partial charge in [-0.15, -0.1) is 0 Å². The Bertz CT molecular complexity index is 878. The Morgan fingerprint density at radius 2 is 0.933 bits per heavy atom. The molecule has 1 heterocycles. The number of benzene rings is 1. The first kappa shape index (κ1) is 42.2. The van der Waals surface area contributed by atoms with Crippen molar-refractivity contribution < 1.29 is 0 Å². The van der Waals surface area contributed by atoms with Crippen molar-refractivity contribution in [1.29, 1.82) is 0 Å². The van der Waals surface area contributed by atoms with E-state index in [1.165, 1.54) is 75.7 Å². The van der Waals surface area contributed by atoms with Gasteiger partial charge in [-0.05, 0) is 113 Å². The second-order valence-electron chi connectivity index (χ2n) is 22.0. The van der Waals surface area contributed by atoms with Crippen LogP contribution in [0, 0.1) is 44.8 Å². The summed E-state index contributed by atoms with van der Waals surface area (Å²) in [5, 5.41) is 0. The van der Waals surface area contributed by atoms with Gasteiger partial charge in [-0.1, -0.05) is 162 Å². The summed E-state index contributed by atoms with van der Waals surface area (Å²) in [6.07, 6.45) is 11.2. The zero-order valence-electron chi connectivity index (χ0n) is 34.3. The smallest absolute Gasteiger partial charge is 0.00300 e. The van der Waals surface area contributed by atoms with Crippen LogP contribution in [0.4, 0.5) is 0 Å². The highest BCUT2D eigenvalue weighted by molar-refractivity contribution is 5.28. The van der Waals surface area contributed by atoms with Crippen LogP contribution in [0.3, 0.4) is 0 Å². The molecule has 0 N–H and O–H groups in total. The molecule has 45 heavy (non-hydrogen) atoms. The molecule has 2 aliphatic rings. The highest BCUT2D eigenvalue weighted by atomic mass is 15.1. The average molecular weight is 626 g/mol. The van der Waals surface area contributed by atoms with Crippen LogP contribution in [-0.4, -0.2) is 24.5 Å². The predicted octanol–water partition coefficient (Wildman–Crippen LogP) is 13.6. The van der Waals surface area contributed by atoms with Crippen LogP contribution >= 0.6 is 0 Å². The van der Waals surface area contributed by atoms with Crippen LogP contribution in [-0.2, 0) is 11.8 Å². The van der Waals surface area contributed by atoms with Crippen molar-refractivity contribution in [1.82, 2.24) is 4.90 Å². The van der Waals surface area contributed by atoms with Gasteiger partial charge >= 0.3 is 0 Å². The summed E-state index contributed by atoms with van der Waals surface area (Å²) in [6, 6.07) is 9.07. The van der Waals surface area contributed by atoms with E-state index in [4.69, 9.17) is 0 Å². The van der Waals surface area contributed by atoms with Crippen molar-refractivity contribution in [2.75, 3.05) is 19.6 Å². The summed E-state index contributed by atoms with van der Waals surface area (Å²) in [5.74, 6) is 2.89. The van der Waals surface area contributed by atoms with Gasteiger partial charge in [0, 0.05) is 6.54 Å². The number of likely N-dealkylation sites (tertiary alicyclic amines) is 1. The first-order valence-corrected chi connectivity index (χ1v) is 18.9. The van der Waals surface area contributed by atoms with E-state index in [0.29, 0.717) is 27.1 Å². The quantitative estimate of drug-likeness (QED) is 0.323. The summed E-state index contributed by atoms with van der Waals surface area (Å²) < 4.78 is 0. The third kappa shape index (κ3) is 18.9. The van der Waals surface area contributed by atoms with Crippen molar-refractivity contribution in [3.8, 4) is 0 Å². The fraction of sp³-hybridized carbons (Fsp3) is 0.864. The second kappa shape index (κ2) is 16.5. The van der Waals surface area contributed by atoms with Gasteiger partial charge in [0.25, 0.3) is 0 Å². The molecule has 1 saturated heterocycles.